The van der Waals surface area contributed by atoms with Crippen LogP contribution in [0.2, 0.25) is 0 Å². The molecular formula is C55H94O6. The van der Waals surface area contributed by atoms with E-state index in [1.165, 1.54) is 96.3 Å². The van der Waals surface area contributed by atoms with Gasteiger partial charge in [0, 0.05) is 19.3 Å². The molecule has 0 bridgehead atoms. The summed E-state index contributed by atoms with van der Waals surface area (Å²) in [6, 6.07) is 0. The molecule has 0 saturated carbocycles. The summed E-state index contributed by atoms with van der Waals surface area (Å²) >= 11 is 0. The molecule has 0 heterocycles. The summed E-state index contributed by atoms with van der Waals surface area (Å²) < 4.78 is 16.7. The molecule has 0 spiro atoms. The number of hydrogen-bond donors (Lipinski definition) is 0. The molecule has 0 N–H and O–H groups in total. The number of esters is 3. The Labute approximate surface area is 376 Å². The fraction of sp³-hybridized carbons (Fsp3) is 0.727. The molecule has 6 nitrogen and oxygen atoms in total. The van der Waals surface area contributed by atoms with E-state index in [1.54, 1.807) is 0 Å². The van der Waals surface area contributed by atoms with Crippen LogP contribution in [0.4, 0.5) is 0 Å². The zero-order valence-corrected chi connectivity index (χ0v) is 39.9. The topological polar surface area (TPSA) is 78.9 Å². The van der Waals surface area contributed by atoms with Crippen LogP contribution in [0.3, 0.4) is 0 Å². The molecule has 350 valence electrons. The molecular weight excluding hydrogens is 757 g/mol. The van der Waals surface area contributed by atoms with E-state index < -0.39 is 6.10 Å². The predicted octanol–water partition coefficient (Wildman–Crippen LogP) is 16.6. The summed E-state index contributed by atoms with van der Waals surface area (Å²) in [6.45, 7) is 6.45. The zero-order chi connectivity index (χ0) is 44.4. The molecule has 0 saturated heterocycles. The Morgan fingerprint density at radius 3 is 1.07 bits per heavy atom. The third-order valence-electron chi connectivity index (χ3n) is 10.7. The van der Waals surface area contributed by atoms with Gasteiger partial charge >= 0.3 is 17.9 Å². The van der Waals surface area contributed by atoms with E-state index in [1.807, 2.05) is 0 Å². The van der Waals surface area contributed by atoms with Gasteiger partial charge in [0.25, 0.3) is 0 Å². The van der Waals surface area contributed by atoms with Gasteiger partial charge in [0.1, 0.15) is 13.2 Å². The Hall–Kier alpha value is -3.15. The van der Waals surface area contributed by atoms with Crippen molar-refractivity contribution in [1.29, 1.82) is 0 Å². The maximum absolute atomic E-state index is 12.7. The molecule has 0 amide bonds. The van der Waals surface area contributed by atoms with Gasteiger partial charge in [-0.05, 0) is 83.5 Å². The van der Waals surface area contributed by atoms with Crippen molar-refractivity contribution in [3.63, 3.8) is 0 Å². The van der Waals surface area contributed by atoms with E-state index in [4.69, 9.17) is 14.2 Å². The number of hydrogen-bond acceptors (Lipinski definition) is 6. The fourth-order valence-corrected chi connectivity index (χ4v) is 6.88. The monoisotopic (exact) mass is 851 g/mol. The minimum absolute atomic E-state index is 0.0990. The van der Waals surface area contributed by atoms with Gasteiger partial charge in [0.2, 0.25) is 0 Å². The number of allylic oxidation sites excluding steroid dienone is 12. The van der Waals surface area contributed by atoms with Crippen molar-refractivity contribution < 1.29 is 28.6 Å². The van der Waals surface area contributed by atoms with Gasteiger partial charge in [-0.2, -0.15) is 0 Å². The summed E-state index contributed by atoms with van der Waals surface area (Å²) in [4.78, 5) is 37.9. The second-order valence-electron chi connectivity index (χ2n) is 16.7. The highest BCUT2D eigenvalue weighted by Crippen LogP contribution is 2.14. The van der Waals surface area contributed by atoms with Gasteiger partial charge in [0.15, 0.2) is 6.10 Å². The van der Waals surface area contributed by atoms with Gasteiger partial charge in [0.05, 0.1) is 0 Å². The third kappa shape index (κ3) is 47.7. The third-order valence-corrected chi connectivity index (χ3v) is 10.7. The first-order valence-corrected chi connectivity index (χ1v) is 25.4. The molecule has 0 radical (unpaired) electrons. The van der Waals surface area contributed by atoms with Crippen LogP contribution in [0, 0.1) is 0 Å². The minimum atomic E-state index is -0.799. The van der Waals surface area contributed by atoms with Gasteiger partial charge in [-0.15, -0.1) is 0 Å². The van der Waals surface area contributed by atoms with Crippen molar-refractivity contribution >= 4 is 17.9 Å². The Morgan fingerprint density at radius 1 is 0.344 bits per heavy atom. The van der Waals surface area contributed by atoms with Crippen LogP contribution in [0.25, 0.3) is 0 Å². The lowest BCUT2D eigenvalue weighted by Crippen LogP contribution is -2.30. The largest absolute Gasteiger partial charge is 0.462 e. The summed E-state index contributed by atoms with van der Waals surface area (Å²) in [5, 5.41) is 0. The van der Waals surface area contributed by atoms with Crippen molar-refractivity contribution in [2.45, 2.75) is 245 Å². The van der Waals surface area contributed by atoms with Crippen LogP contribution in [-0.2, 0) is 28.6 Å². The summed E-state index contributed by atoms with van der Waals surface area (Å²) in [6.07, 6.45) is 61.8. The molecule has 0 aliphatic carbocycles. The first-order chi connectivity index (χ1) is 30.0. The number of ether oxygens (including phenoxy) is 3. The van der Waals surface area contributed by atoms with Crippen LogP contribution >= 0.6 is 0 Å². The average molecular weight is 851 g/mol. The number of carbonyl (C=O) groups excluding carboxylic acids is 3. The lowest BCUT2D eigenvalue weighted by atomic mass is 10.1. The zero-order valence-electron chi connectivity index (χ0n) is 39.9. The second kappa shape index (κ2) is 49.5. The smallest absolute Gasteiger partial charge is 0.306 e. The highest BCUT2D eigenvalue weighted by Gasteiger charge is 2.19. The maximum Gasteiger partial charge on any atom is 0.306 e. The maximum atomic E-state index is 12.7. The number of rotatable bonds is 45. The molecule has 0 fully saturated rings. The molecule has 0 unspecified atom stereocenters. The molecule has 0 aromatic rings. The van der Waals surface area contributed by atoms with Crippen molar-refractivity contribution in [2.24, 2.45) is 0 Å². The first kappa shape index (κ1) is 57.9. The average Bonchev–Trinajstić information content (AvgIpc) is 3.26. The Morgan fingerprint density at radius 2 is 0.656 bits per heavy atom. The molecule has 0 aromatic heterocycles. The van der Waals surface area contributed by atoms with Crippen molar-refractivity contribution in [1.82, 2.24) is 0 Å². The van der Waals surface area contributed by atoms with Gasteiger partial charge < -0.3 is 14.2 Å². The van der Waals surface area contributed by atoms with Crippen LogP contribution < -0.4 is 0 Å². The Bertz CT molecular complexity index is 1160. The number of carbonyl (C=O) groups is 3. The molecule has 61 heavy (non-hydrogen) atoms. The second-order valence-corrected chi connectivity index (χ2v) is 16.7. The molecule has 0 rings (SSSR count). The Kier molecular flexibility index (Phi) is 46.9. The van der Waals surface area contributed by atoms with E-state index in [9.17, 15) is 14.4 Å². The van der Waals surface area contributed by atoms with E-state index in [2.05, 4.69) is 93.7 Å². The van der Waals surface area contributed by atoms with E-state index in [0.717, 1.165) is 96.3 Å². The Balaban J connectivity index is 4.45. The van der Waals surface area contributed by atoms with E-state index in [0.29, 0.717) is 19.3 Å². The van der Waals surface area contributed by atoms with Gasteiger partial charge in [-0.25, -0.2) is 0 Å². The summed E-state index contributed by atoms with van der Waals surface area (Å²) in [7, 11) is 0. The summed E-state index contributed by atoms with van der Waals surface area (Å²) in [5.41, 5.74) is 0. The molecule has 0 aromatic carbocycles. The van der Waals surface area contributed by atoms with Crippen LogP contribution in [-0.4, -0.2) is 37.2 Å². The fourth-order valence-electron chi connectivity index (χ4n) is 6.88. The molecule has 1 atom stereocenters. The van der Waals surface area contributed by atoms with Gasteiger partial charge in [-0.3, -0.25) is 14.4 Å². The lowest BCUT2D eigenvalue weighted by Gasteiger charge is -2.18. The standard InChI is InChI=1S/C55H94O6/c1-4-7-10-13-16-19-22-24-26-27-29-31-34-36-39-42-45-48-54(57)60-51-52(61-55(58)49-46-43-40-37-32-21-18-15-12-9-6-3)50-59-53(56)47-44-41-38-35-33-30-28-25-23-20-17-14-11-8-5-2/h8,11,17,20,24-26,28-29,31,36,39,52H,4-7,9-10,12-16,18-19,21-23,27,30,32-35,37-38,40-51H2,1-3H3/b11-8-,20-17-,26-24-,28-25-,31-29-,39-36-/t52-/m1/s1. The molecule has 0 aliphatic heterocycles. The molecule has 6 heteroatoms. The minimum Gasteiger partial charge on any atom is -0.462 e. The highest BCUT2D eigenvalue weighted by atomic mass is 16.6. The lowest BCUT2D eigenvalue weighted by molar-refractivity contribution is -0.167. The van der Waals surface area contributed by atoms with Crippen molar-refractivity contribution in [2.75, 3.05) is 13.2 Å². The first-order valence-electron chi connectivity index (χ1n) is 25.4. The van der Waals surface area contributed by atoms with E-state index in [-0.39, 0.29) is 37.5 Å². The normalized spacial score (nSPS) is 12.6. The highest BCUT2D eigenvalue weighted by molar-refractivity contribution is 5.71. The quantitative estimate of drug-likeness (QED) is 0.0263. The van der Waals surface area contributed by atoms with Gasteiger partial charge in [-0.1, -0.05) is 209 Å². The number of unbranched alkanes of at least 4 members (excludes halogenated alkanes) is 22. The predicted molar refractivity (Wildman–Crippen MR) is 261 cm³/mol. The van der Waals surface area contributed by atoms with Crippen LogP contribution in [0.1, 0.15) is 239 Å². The van der Waals surface area contributed by atoms with Crippen LogP contribution in [0.15, 0.2) is 72.9 Å². The summed E-state index contributed by atoms with van der Waals surface area (Å²) in [5.74, 6) is -0.968. The van der Waals surface area contributed by atoms with Crippen molar-refractivity contribution in [3.8, 4) is 0 Å². The van der Waals surface area contributed by atoms with E-state index >= 15 is 0 Å². The SMILES string of the molecule is CC/C=C\C/C=C\C/C=C\CCCCCCCC(=O)OC[C@H](COC(=O)CCC/C=C\C/C=C\C/C=C\CCCCCCCC)OC(=O)CCCCCCCCCCCCC. The molecule has 0 aliphatic rings. The van der Waals surface area contributed by atoms with Crippen molar-refractivity contribution in [3.05, 3.63) is 72.9 Å². The van der Waals surface area contributed by atoms with Crippen LogP contribution in [0.5, 0.6) is 0 Å².